The van der Waals surface area contributed by atoms with Gasteiger partial charge in [0.2, 0.25) is 0 Å². The zero-order valence-electron chi connectivity index (χ0n) is 29.5. The van der Waals surface area contributed by atoms with E-state index < -0.39 is 62.1 Å². The van der Waals surface area contributed by atoms with Crippen molar-refractivity contribution in [2.75, 3.05) is 0 Å². The second kappa shape index (κ2) is 20.4. The number of halogens is 12. The summed E-state index contributed by atoms with van der Waals surface area (Å²) in [5, 5.41) is 16.5. The van der Waals surface area contributed by atoms with Crippen molar-refractivity contribution < 1.29 is 103 Å². The van der Waals surface area contributed by atoms with Gasteiger partial charge in [0.1, 0.15) is 0 Å². The Morgan fingerprint density at radius 2 is 0.556 bits per heavy atom. The van der Waals surface area contributed by atoms with Crippen LogP contribution < -0.4 is 0 Å². The number of aromatic nitrogens is 10. The van der Waals surface area contributed by atoms with Gasteiger partial charge in [0.05, 0.1) is 0 Å². The molecule has 20 nitrogen and oxygen atoms in total. The van der Waals surface area contributed by atoms with Crippen LogP contribution in [0.3, 0.4) is 0 Å². The Kier molecular flexibility index (Phi) is 17.3. The molecule has 347 valence electrons. The maximum Gasteiger partial charge on any atom is 2.00 e. The van der Waals surface area contributed by atoms with Crippen molar-refractivity contribution in [1.29, 1.82) is 0 Å². The van der Waals surface area contributed by atoms with Crippen LogP contribution in [0.2, 0.25) is 0 Å². The molecular formula is C26H18CoF12N12O8S4. The van der Waals surface area contributed by atoms with Crippen LogP contribution in [-0.2, 0) is 56.9 Å². The maximum absolute atomic E-state index is 11.4. The summed E-state index contributed by atoms with van der Waals surface area (Å²) >= 11 is 0. The zero-order chi connectivity index (χ0) is 47.0. The molecule has 37 heteroatoms. The second-order valence-electron chi connectivity index (χ2n) is 10.3. The standard InChI is InChI=1S/2C11H9N5.2C2F6NO4S2.Co/c2*1-4-10(15-8-2-6-12-15)14-11(5-1)16-9-3-7-13-16;2*3-1(4,5)14(10,11)9-15(12,13)2(6,7)8;/h2*1-9H;;;/q;;2*-1;+2. The number of nitrogens with zero attached hydrogens (tertiary/aromatic N) is 12. The van der Waals surface area contributed by atoms with Crippen LogP contribution in [0, 0.1) is 0 Å². The van der Waals surface area contributed by atoms with Crippen LogP contribution in [0.4, 0.5) is 52.7 Å². The first-order valence-electron chi connectivity index (χ1n) is 15.0. The van der Waals surface area contributed by atoms with E-state index in [0.717, 1.165) is 31.5 Å². The molecule has 0 aromatic carbocycles. The Morgan fingerprint density at radius 1 is 0.365 bits per heavy atom. The van der Waals surface area contributed by atoms with Gasteiger partial charge in [-0.1, -0.05) is 12.1 Å². The Balaban J connectivity index is 0.000000288. The molecule has 6 aromatic heterocycles. The minimum atomic E-state index is -6.72. The molecule has 6 heterocycles. The Hall–Kier alpha value is -5.47. The largest absolute Gasteiger partial charge is 2.00 e. The van der Waals surface area contributed by atoms with Gasteiger partial charge in [-0.25, -0.2) is 62.4 Å². The first-order valence-corrected chi connectivity index (χ1v) is 20.7. The van der Waals surface area contributed by atoms with Gasteiger partial charge >= 0.3 is 38.8 Å². The van der Waals surface area contributed by atoms with Gasteiger partial charge in [-0.15, -0.1) is 0 Å². The molecule has 0 bridgehead atoms. The number of hydrogen-bond donors (Lipinski definition) is 0. The molecule has 0 spiro atoms. The average molecular weight is 1040 g/mol. The second-order valence-corrected chi connectivity index (χ2v) is 17.2. The molecule has 0 aliphatic carbocycles. The van der Waals surface area contributed by atoms with Crippen molar-refractivity contribution in [3.63, 3.8) is 0 Å². The molecular weight excluding hydrogens is 1020 g/mol. The van der Waals surface area contributed by atoms with Gasteiger partial charge < -0.3 is 8.25 Å². The van der Waals surface area contributed by atoms with Crippen LogP contribution in [-0.4, -0.2) is 105 Å². The number of rotatable bonds is 8. The minimum absolute atomic E-state index is 0. The summed E-state index contributed by atoms with van der Waals surface area (Å²) in [4.78, 5) is 8.92. The fourth-order valence-corrected chi connectivity index (χ4v) is 6.80. The van der Waals surface area contributed by atoms with Crippen molar-refractivity contribution in [2.45, 2.75) is 22.0 Å². The Morgan fingerprint density at radius 3 is 0.698 bits per heavy atom. The number of hydrogen-bond acceptors (Lipinski definition) is 14. The minimum Gasteiger partial charge on any atom is -0.421 e. The monoisotopic (exact) mass is 1040 g/mol. The normalized spacial score (nSPS) is 12.6. The van der Waals surface area contributed by atoms with Crippen molar-refractivity contribution >= 4 is 40.1 Å². The van der Waals surface area contributed by atoms with Gasteiger partial charge in [0.25, 0.3) is 0 Å². The predicted octanol–water partition coefficient (Wildman–Crippen LogP) is 5.02. The van der Waals surface area contributed by atoms with Crippen molar-refractivity contribution in [1.82, 2.24) is 49.1 Å². The van der Waals surface area contributed by atoms with Gasteiger partial charge in [-0.05, 0) is 48.5 Å². The van der Waals surface area contributed by atoms with Crippen LogP contribution in [0.25, 0.3) is 31.5 Å². The van der Waals surface area contributed by atoms with Gasteiger partial charge in [0.15, 0.2) is 63.4 Å². The summed E-state index contributed by atoms with van der Waals surface area (Å²) in [5.41, 5.74) is -24.8. The molecule has 0 unspecified atom stereocenters. The molecule has 63 heavy (non-hydrogen) atoms. The van der Waals surface area contributed by atoms with Crippen molar-refractivity contribution in [2.24, 2.45) is 0 Å². The first-order chi connectivity index (χ1) is 28.3. The molecule has 6 rings (SSSR count). The smallest absolute Gasteiger partial charge is 0.421 e. The van der Waals surface area contributed by atoms with E-state index in [1.165, 1.54) is 0 Å². The summed E-state index contributed by atoms with van der Waals surface area (Å²) in [7, 11) is -26.9. The first kappa shape index (κ1) is 53.7. The van der Waals surface area contributed by atoms with Gasteiger partial charge in [0, 0.05) is 49.6 Å². The molecule has 0 fully saturated rings. The molecule has 6 aromatic rings. The third-order valence-electron chi connectivity index (χ3n) is 5.96. The van der Waals surface area contributed by atoms with Crippen LogP contribution in [0.15, 0.2) is 110 Å². The molecule has 1 radical (unpaired) electrons. The van der Waals surface area contributed by atoms with E-state index in [2.05, 4.69) is 30.4 Å². The predicted molar refractivity (Wildman–Crippen MR) is 184 cm³/mol. The third-order valence-corrected chi connectivity index (χ3v) is 11.4. The number of alkyl halides is 12. The van der Waals surface area contributed by atoms with Crippen molar-refractivity contribution in [3.8, 4) is 23.3 Å². The summed E-state index contributed by atoms with van der Waals surface area (Å²) in [6.45, 7) is 0. The van der Waals surface area contributed by atoms with Gasteiger partial charge in [-0.3, -0.25) is 0 Å². The summed E-state index contributed by atoms with van der Waals surface area (Å²) in [6.07, 6.45) is 14.3. The maximum atomic E-state index is 11.4. The van der Waals surface area contributed by atoms with E-state index in [4.69, 9.17) is 0 Å². The van der Waals surface area contributed by atoms with Crippen LogP contribution >= 0.6 is 0 Å². The van der Waals surface area contributed by atoms with Gasteiger partial charge in [-0.2, -0.15) is 73.1 Å². The van der Waals surface area contributed by atoms with Crippen LogP contribution in [0.1, 0.15) is 0 Å². The number of pyridine rings is 2. The molecule has 0 atom stereocenters. The molecule has 0 aliphatic rings. The van der Waals surface area contributed by atoms with E-state index in [-0.39, 0.29) is 16.8 Å². The third kappa shape index (κ3) is 14.8. The quantitative estimate of drug-likeness (QED) is 0.181. The summed E-state index contributed by atoms with van der Waals surface area (Å²) in [5.74, 6) is 3.10. The van der Waals surface area contributed by atoms with E-state index in [1.54, 1.807) is 43.5 Å². The SMILES string of the molecule is O=S(=O)([N-]S(=O)(=O)C(F)(F)F)C(F)(F)F.O=S(=O)([N-]S(=O)(=O)C(F)(F)F)C(F)(F)F.[Co+2].c1cc(-n2cccn2)nc(-n2cccn2)c1.c1cc(-n2cccn2)nc(-n2cccn2)c1. The number of sulfonamides is 4. The van der Waals surface area contributed by atoms with Crippen molar-refractivity contribution in [3.05, 3.63) is 118 Å². The van der Waals surface area contributed by atoms with E-state index in [9.17, 15) is 86.4 Å². The molecule has 0 saturated carbocycles. The fraction of sp³-hybridized carbons (Fsp3) is 0.154. The van der Waals surface area contributed by atoms with Crippen LogP contribution in [0.5, 0.6) is 0 Å². The molecule has 0 N–H and O–H groups in total. The molecule has 0 saturated heterocycles. The van der Waals surface area contributed by atoms with E-state index in [1.807, 2.05) is 85.5 Å². The topological polar surface area (TPSA) is 262 Å². The molecule has 0 aliphatic heterocycles. The Bertz CT molecular complexity index is 2430. The fourth-order valence-electron chi connectivity index (χ4n) is 3.38. The summed E-state index contributed by atoms with van der Waals surface area (Å²) < 4.78 is 225. The molecule has 0 amide bonds. The Labute approximate surface area is 355 Å². The average Bonchev–Trinajstić information content (AvgIpc) is 3.99. The zero-order valence-corrected chi connectivity index (χ0v) is 33.8. The summed E-state index contributed by atoms with van der Waals surface area (Å²) in [6, 6.07) is 18.9. The van der Waals surface area contributed by atoms with E-state index >= 15 is 0 Å². The van der Waals surface area contributed by atoms with E-state index in [0.29, 0.717) is 0 Å².